The van der Waals surface area contributed by atoms with Gasteiger partial charge in [0.15, 0.2) is 11.1 Å². The molecule has 0 saturated carbocycles. The number of para-hydroxylation sites is 1. The van der Waals surface area contributed by atoms with Gasteiger partial charge in [-0.2, -0.15) is 0 Å². The Balaban J connectivity index is 2.74. The molecule has 0 radical (unpaired) electrons. The first-order valence-electron chi connectivity index (χ1n) is 3.72. The third kappa shape index (κ3) is 2.99. The number of benzene rings is 1. The van der Waals surface area contributed by atoms with E-state index in [1.54, 1.807) is 31.2 Å². The first-order chi connectivity index (χ1) is 6.11. The van der Waals surface area contributed by atoms with E-state index in [0.717, 1.165) is 0 Å². The maximum Gasteiger partial charge on any atom is 0.175 e. The second-order valence-corrected chi connectivity index (χ2v) is 4.21. The lowest BCUT2D eigenvalue weighted by Gasteiger charge is -2.12. The van der Waals surface area contributed by atoms with Crippen molar-refractivity contribution in [3.63, 3.8) is 0 Å². The van der Waals surface area contributed by atoms with Gasteiger partial charge in [-0.3, -0.25) is 0 Å². The molecule has 0 bridgehead atoms. The van der Waals surface area contributed by atoms with E-state index < -0.39 is 16.5 Å². The van der Waals surface area contributed by atoms with E-state index in [9.17, 15) is 4.21 Å². The summed E-state index contributed by atoms with van der Waals surface area (Å²) < 4.78 is 19.4. The van der Waals surface area contributed by atoms with Gasteiger partial charge in [-0.15, -0.1) is 0 Å². The Morgan fingerprint density at radius 2 is 2.15 bits per heavy atom. The maximum atomic E-state index is 10.6. The average Bonchev–Trinajstić information content (AvgIpc) is 2.08. The molecule has 5 heteroatoms. The minimum atomic E-state index is -1.89. The van der Waals surface area contributed by atoms with Crippen LogP contribution in [0.2, 0.25) is 5.02 Å². The molecule has 13 heavy (non-hydrogen) atoms. The van der Waals surface area contributed by atoms with Gasteiger partial charge < -0.3 is 9.87 Å². The summed E-state index contributed by atoms with van der Waals surface area (Å²) in [6.45, 7) is 1.61. The average molecular weight is 220 g/mol. The molecule has 1 aromatic carbocycles. The fraction of sp³-hybridized carbons (Fsp3) is 0.250. The monoisotopic (exact) mass is 219 g/mol. The molecule has 2 N–H and O–H groups in total. The van der Waals surface area contributed by atoms with Gasteiger partial charge in [0.25, 0.3) is 0 Å². The van der Waals surface area contributed by atoms with E-state index in [1.807, 2.05) is 0 Å². The quantitative estimate of drug-likeness (QED) is 0.768. The fourth-order valence-electron chi connectivity index (χ4n) is 0.848. The predicted octanol–water partition coefficient (Wildman–Crippen LogP) is 2.32. The predicted molar refractivity (Wildman–Crippen MR) is 55.3 cm³/mol. The van der Waals surface area contributed by atoms with Gasteiger partial charge in [0.05, 0.1) is 10.7 Å². The van der Waals surface area contributed by atoms with E-state index in [1.165, 1.54) is 0 Å². The smallest absolute Gasteiger partial charge is 0.175 e. The molecule has 1 aromatic rings. The topological polar surface area (TPSA) is 49.3 Å². The molecular weight excluding hydrogens is 210 g/mol. The molecule has 2 unspecified atom stereocenters. The molecule has 0 aromatic heterocycles. The third-order valence-electron chi connectivity index (χ3n) is 1.54. The number of rotatable bonds is 3. The number of anilines is 1. The zero-order chi connectivity index (χ0) is 9.84. The van der Waals surface area contributed by atoms with Gasteiger partial charge in [0, 0.05) is 0 Å². The van der Waals surface area contributed by atoms with Crippen molar-refractivity contribution in [1.82, 2.24) is 0 Å². The molecule has 1 rings (SSSR count). The van der Waals surface area contributed by atoms with Crippen LogP contribution in [-0.4, -0.2) is 14.1 Å². The van der Waals surface area contributed by atoms with Gasteiger partial charge in [-0.05, 0) is 19.1 Å². The van der Waals surface area contributed by atoms with Crippen LogP contribution in [-0.2, 0) is 11.1 Å². The Morgan fingerprint density at radius 1 is 1.54 bits per heavy atom. The second kappa shape index (κ2) is 4.60. The van der Waals surface area contributed by atoms with Crippen molar-refractivity contribution in [2.24, 2.45) is 0 Å². The van der Waals surface area contributed by atoms with Gasteiger partial charge in [0.1, 0.15) is 5.37 Å². The Bertz CT molecular complexity index is 319. The van der Waals surface area contributed by atoms with E-state index in [-0.39, 0.29) is 0 Å². The number of halogens is 1. The van der Waals surface area contributed by atoms with Crippen LogP contribution in [0.3, 0.4) is 0 Å². The minimum Gasteiger partial charge on any atom is -0.368 e. The lowest BCUT2D eigenvalue weighted by Crippen LogP contribution is -2.20. The van der Waals surface area contributed by atoms with Crippen LogP contribution in [0.15, 0.2) is 24.3 Å². The second-order valence-electron chi connectivity index (χ2n) is 2.54. The maximum absolute atomic E-state index is 10.6. The van der Waals surface area contributed by atoms with Crippen molar-refractivity contribution >= 4 is 28.4 Å². The largest absolute Gasteiger partial charge is 0.368 e. The first kappa shape index (κ1) is 10.5. The highest BCUT2D eigenvalue weighted by Crippen LogP contribution is 2.21. The van der Waals surface area contributed by atoms with Crippen LogP contribution in [0.4, 0.5) is 5.69 Å². The minimum absolute atomic E-state index is 0.528. The summed E-state index contributed by atoms with van der Waals surface area (Å²) in [5.74, 6) is 0. The van der Waals surface area contributed by atoms with Crippen LogP contribution in [0.5, 0.6) is 0 Å². The first-order valence-corrected chi connectivity index (χ1v) is 5.27. The zero-order valence-electron chi connectivity index (χ0n) is 7.03. The lowest BCUT2D eigenvalue weighted by atomic mass is 10.3. The van der Waals surface area contributed by atoms with Crippen molar-refractivity contribution in [3.05, 3.63) is 29.3 Å². The summed E-state index contributed by atoms with van der Waals surface area (Å²) in [6.07, 6.45) is 0. The summed E-state index contributed by atoms with van der Waals surface area (Å²) in [7, 11) is 0. The van der Waals surface area contributed by atoms with Crippen LogP contribution >= 0.6 is 11.6 Å². The molecule has 0 aliphatic rings. The summed E-state index contributed by atoms with van der Waals surface area (Å²) in [4.78, 5) is 0. The number of hydrogen-bond donors (Lipinski definition) is 2. The van der Waals surface area contributed by atoms with Gasteiger partial charge in [-0.25, -0.2) is 4.21 Å². The van der Waals surface area contributed by atoms with Gasteiger partial charge >= 0.3 is 0 Å². The van der Waals surface area contributed by atoms with Crippen molar-refractivity contribution in [3.8, 4) is 0 Å². The third-order valence-corrected chi connectivity index (χ3v) is 2.59. The summed E-state index contributed by atoms with van der Waals surface area (Å²) in [5.41, 5.74) is 0.666. The van der Waals surface area contributed by atoms with Crippen molar-refractivity contribution in [2.45, 2.75) is 12.3 Å². The molecular formula is C8H10ClNO2S. The Morgan fingerprint density at radius 3 is 2.69 bits per heavy atom. The molecule has 0 saturated heterocycles. The van der Waals surface area contributed by atoms with E-state index in [2.05, 4.69) is 5.32 Å². The Labute approximate surface area is 84.4 Å². The Kier molecular flexibility index (Phi) is 3.71. The SMILES string of the molecule is CC(Nc1ccccc1Cl)S(=O)O. The molecule has 0 aliphatic carbocycles. The molecule has 0 amide bonds. The molecule has 0 fully saturated rings. The zero-order valence-corrected chi connectivity index (χ0v) is 8.60. The molecule has 3 nitrogen and oxygen atoms in total. The summed E-state index contributed by atoms with van der Waals surface area (Å²) >= 11 is 3.94. The van der Waals surface area contributed by atoms with Crippen LogP contribution in [0.25, 0.3) is 0 Å². The van der Waals surface area contributed by atoms with E-state index in [4.69, 9.17) is 16.2 Å². The van der Waals surface area contributed by atoms with Crippen molar-refractivity contribution in [1.29, 1.82) is 0 Å². The molecule has 72 valence electrons. The van der Waals surface area contributed by atoms with E-state index in [0.29, 0.717) is 10.7 Å². The highest BCUT2D eigenvalue weighted by molar-refractivity contribution is 7.80. The van der Waals surface area contributed by atoms with E-state index >= 15 is 0 Å². The van der Waals surface area contributed by atoms with Crippen LogP contribution in [0, 0.1) is 0 Å². The normalized spacial score (nSPS) is 15.0. The molecule has 0 aliphatic heterocycles. The highest BCUT2D eigenvalue weighted by Gasteiger charge is 2.08. The van der Waals surface area contributed by atoms with Crippen molar-refractivity contribution < 1.29 is 8.76 Å². The number of hydrogen-bond acceptors (Lipinski definition) is 2. The molecule has 0 spiro atoms. The van der Waals surface area contributed by atoms with Crippen LogP contribution < -0.4 is 5.32 Å². The molecule has 0 heterocycles. The number of nitrogens with one attached hydrogen (secondary N) is 1. The highest BCUT2D eigenvalue weighted by atomic mass is 35.5. The van der Waals surface area contributed by atoms with Gasteiger partial charge in [0.2, 0.25) is 0 Å². The van der Waals surface area contributed by atoms with Gasteiger partial charge in [-0.1, -0.05) is 23.7 Å². The fourth-order valence-corrected chi connectivity index (χ4v) is 1.27. The Hall–Kier alpha value is -0.580. The lowest BCUT2D eigenvalue weighted by molar-refractivity contribution is 0.556. The summed E-state index contributed by atoms with van der Waals surface area (Å²) in [6, 6.07) is 7.08. The van der Waals surface area contributed by atoms with Crippen LogP contribution in [0.1, 0.15) is 6.92 Å². The summed E-state index contributed by atoms with van der Waals surface area (Å²) in [5, 5.41) is 2.84. The standard InChI is InChI=1S/C8H10ClNO2S/c1-6(13(11)12)10-8-5-3-2-4-7(8)9/h2-6,10H,1H3,(H,11,12). The molecule has 2 atom stereocenters. The van der Waals surface area contributed by atoms with Crippen molar-refractivity contribution in [2.75, 3.05) is 5.32 Å².